The van der Waals surface area contributed by atoms with E-state index in [1.165, 1.54) is 38.4 Å². The topological polar surface area (TPSA) is 79.8 Å². The van der Waals surface area contributed by atoms with Crippen molar-refractivity contribution in [3.8, 4) is 0 Å². The van der Waals surface area contributed by atoms with Gasteiger partial charge in [0.25, 0.3) is 5.91 Å². The summed E-state index contributed by atoms with van der Waals surface area (Å²) in [6.07, 6.45) is -3.01. The van der Waals surface area contributed by atoms with Gasteiger partial charge < -0.3 is 4.84 Å². The quantitative estimate of drug-likeness (QED) is 0.355. The highest BCUT2D eigenvalue weighted by Gasteiger charge is 2.65. The van der Waals surface area contributed by atoms with Crippen LogP contribution >= 0.6 is 10.2 Å². The van der Waals surface area contributed by atoms with Gasteiger partial charge in [0, 0.05) is 17.8 Å². The van der Waals surface area contributed by atoms with Gasteiger partial charge in [-0.2, -0.15) is 13.2 Å². The number of hydrogen-bond donors (Lipinski definition) is 0. The van der Waals surface area contributed by atoms with Crippen LogP contribution in [0.3, 0.4) is 0 Å². The van der Waals surface area contributed by atoms with E-state index in [0.717, 1.165) is 0 Å². The molecule has 35 heavy (non-hydrogen) atoms. The zero-order valence-electron chi connectivity index (χ0n) is 17.6. The van der Waals surface area contributed by atoms with Crippen LogP contribution < -0.4 is 4.90 Å². The van der Waals surface area contributed by atoms with Gasteiger partial charge in [0.05, 0.1) is 5.69 Å². The van der Waals surface area contributed by atoms with Crippen LogP contribution in [0.15, 0.2) is 53.7 Å². The number of hydrogen-bond acceptors (Lipinski definition) is 5. The van der Waals surface area contributed by atoms with E-state index in [4.69, 9.17) is 0 Å². The third-order valence-corrected chi connectivity index (χ3v) is 6.29. The van der Waals surface area contributed by atoms with E-state index in [2.05, 4.69) is 9.82 Å². The summed E-state index contributed by atoms with van der Waals surface area (Å²) in [5, 5.41) is -0.142. The number of benzene rings is 1. The molecular weight excluding hydrogens is 518 g/mol. The molecule has 1 atom stereocenters. The molecule has 0 spiro atoms. The lowest BCUT2D eigenvalue weighted by Gasteiger charge is -2.40. The molecule has 192 valence electrons. The molecule has 2 aromatic rings. The predicted octanol–water partition coefficient (Wildman–Crippen LogP) is 5.87. The molecule has 0 aliphatic carbocycles. The number of rotatable bonds is 5. The molecule has 3 amide bonds. The predicted molar refractivity (Wildman–Crippen MR) is 106 cm³/mol. The van der Waals surface area contributed by atoms with Crippen molar-refractivity contribution in [2.45, 2.75) is 36.4 Å². The first-order valence-electron chi connectivity index (χ1n) is 9.35. The average molecular weight is 533 g/mol. The fourth-order valence-electron chi connectivity index (χ4n) is 3.39. The Morgan fingerprint density at radius 3 is 1.91 bits per heavy atom. The monoisotopic (exact) mass is 533 g/mol. The van der Waals surface area contributed by atoms with E-state index in [-0.39, 0.29) is 27.7 Å². The van der Waals surface area contributed by atoms with Crippen molar-refractivity contribution in [3.05, 3.63) is 54.4 Å². The minimum absolute atomic E-state index is 0.0785. The molecule has 1 aliphatic heterocycles. The number of carbonyl (C=O) groups excluding carboxylic acids is 3. The van der Waals surface area contributed by atoms with Gasteiger partial charge in [-0.1, -0.05) is 33.3 Å². The highest BCUT2D eigenvalue weighted by atomic mass is 32.5. The summed E-state index contributed by atoms with van der Waals surface area (Å²) >= 11 is 0. The highest BCUT2D eigenvalue weighted by Crippen LogP contribution is 3.02. The minimum atomic E-state index is -10.1. The Balaban J connectivity index is 2.09. The average Bonchev–Trinajstić information content (AvgIpc) is 2.96. The standard InChI is InChI=1S/C19H15F8N3O4S/c1-18(2,11-7-9-28-10-8-11)14-15(31)29(17(33)30(14)34-16(32)19(20,21)22)12-3-5-13(6-4-12)35(23,24,25,26)27/h3-10,14H,1-2H3. The maximum Gasteiger partial charge on any atom is 0.493 e. The van der Waals surface area contributed by atoms with Crippen molar-refractivity contribution in [1.29, 1.82) is 0 Å². The molecule has 7 nitrogen and oxygen atoms in total. The fraction of sp³-hybridized carbons (Fsp3) is 0.263. The van der Waals surface area contributed by atoms with Crippen LogP contribution in [0.2, 0.25) is 0 Å². The number of imide groups is 1. The van der Waals surface area contributed by atoms with Gasteiger partial charge in [0.2, 0.25) is 0 Å². The molecule has 0 N–H and O–H groups in total. The number of aromatic nitrogens is 1. The molecule has 1 aromatic heterocycles. The van der Waals surface area contributed by atoms with Crippen molar-refractivity contribution in [3.63, 3.8) is 0 Å². The van der Waals surface area contributed by atoms with E-state index >= 15 is 0 Å². The largest absolute Gasteiger partial charge is 0.493 e. The Morgan fingerprint density at radius 2 is 1.46 bits per heavy atom. The van der Waals surface area contributed by atoms with Crippen LogP contribution in [-0.2, 0) is 19.8 Å². The summed E-state index contributed by atoms with van der Waals surface area (Å²) in [5.74, 6) is -4.13. The number of hydroxylamine groups is 2. The SMILES string of the molecule is CC(C)(c1ccncc1)C1C(=O)N(c2ccc(S(F)(F)(F)(F)F)cc2)C(=O)N1OC(=O)C(F)(F)F. The van der Waals surface area contributed by atoms with Crippen molar-refractivity contribution in [2.24, 2.45) is 0 Å². The molecule has 1 fully saturated rings. The second-order valence-electron chi connectivity index (χ2n) is 7.98. The lowest BCUT2D eigenvalue weighted by Crippen LogP contribution is -2.50. The molecule has 1 unspecified atom stereocenters. The number of amides is 3. The number of urea groups is 1. The molecule has 0 radical (unpaired) electrons. The third-order valence-electron chi connectivity index (χ3n) is 5.13. The van der Waals surface area contributed by atoms with Gasteiger partial charge >= 0.3 is 28.4 Å². The summed E-state index contributed by atoms with van der Waals surface area (Å²) < 4.78 is 104. The lowest BCUT2D eigenvalue weighted by molar-refractivity contribution is -0.232. The molecule has 1 saturated heterocycles. The van der Waals surface area contributed by atoms with E-state index in [1.54, 1.807) is 0 Å². The maximum atomic E-state index is 13.2. The molecule has 1 aliphatic rings. The Morgan fingerprint density at radius 1 is 0.943 bits per heavy atom. The van der Waals surface area contributed by atoms with Crippen molar-refractivity contribution >= 4 is 33.8 Å². The fourth-order valence-corrected chi connectivity index (χ4v) is 4.04. The molecule has 1 aromatic carbocycles. The van der Waals surface area contributed by atoms with Gasteiger partial charge in [0.1, 0.15) is 4.90 Å². The van der Waals surface area contributed by atoms with E-state index in [1.807, 2.05) is 0 Å². The summed E-state index contributed by atoms with van der Waals surface area (Å²) in [6.45, 7) is 2.65. The lowest BCUT2D eigenvalue weighted by atomic mass is 9.78. The van der Waals surface area contributed by atoms with Crippen LogP contribution in [0.25, 0.3) is 0 Å². The second kappa shape index (κ2) is 7.29. The number of alkyl halides is 3. The van der Waals surface area contributed by atoms with Crippen molar-refractivity contribution < 1.29 is 51.8 Å². The van der Waals surface area contributed by atoms with E-state index in [9.17, 15) is 47.0 Å². The summed E-state index contributed by atoms with van der Waals surface area (Å²) in [6, 6.07) is -0.251. The minimum Gasteiger partial charge on any atom is -0.327 e. The Bertz CT molecular complexity index is 1190. The molecular formula is C19H15F8N3O4S. The Kier molecular flexibility index (Phi) is 5.45. The van der Waals surface area contributed by atoms with E-state index < -0.39 is 56.3 Å². The number of anilines is 1. The summed E-state index contributed by atoms with van der Waals surface area (Å²) in [5.41, 5.74) is -1.93. The smallest absolute Gasteiger partial charge is 0.327 e. The Labute approximate surface area is 191 Å². The van der Waals surface area contributed by atoms with Gasteiger partial charge in [-0.15, -0.1) is 5.06 Å². The third kappa shape index (κ3) is 5.01. The van der Waals surface area contributed by atoms with Crippen LogP contribution in [0, 0.1) is 0 Å². The van der Waals surface area contributed by atoms with Crippen LogP contribution in [-0.4, -0.2) is 40.2 Å². The number of pyridine rings is 1. The van der Waals surface area contributed by atoms with Gasteiger partial charge in [-0.25, -0.2) is 14.5 Å². The van der Waals surface area contributed by atoms with Gasteiger partial charge in [-0.3, -0.25) is 9.78 Å². The first kappa shape index (κ1) is 26.2. The zero-order chi connectivity index (χ0) is 26.7. The van der Waals surface area contributed by atoms with Crippen LogP contribution in [0.4, 0.5) is 43.1 Å². The summed E-state index contributed by atoms with van der Waals surface area (Å²) in [4.78, 5) is 43.3. The zero-order valence-corrected chi connectivity index (χ0v) is 18.4. The van der Waals surface area contributed by atoms with E-state index in [0.29, 0.717) is 12.1 Å². The molecule has 3 rings (SSSR count). The number of carbonyl (C=O) groups is 3. The first-order valence-corrected chi connectivity index (χ1v) is 11.3. The van der Waals surface area contributed by atoms with Crippen LogP contribution in [0.5, 0.6) is 0 Å². The molecule has 16 heteroatoms. The van der Waals surface area contributed by atoms with Gasteiger partial charge in [0.15, 0.2) is 6.04 Å². The normalized spacial score (nSPS) is 19.4. The van der Waals surface area contributed by atoms with Crippen LogP contribution in [0.1, 0.15) is 19.4 Å². The highest BCUT2D eigenvalue weighted by molar-refractivity contribution is 8.45. The van der Waals surface area contributed by atoms with Crippen molar-refractivity contribution in [1.82, 2.24) is 10.0 Å². The molecule has 0 saturated carbocycles. The Hall–Kier alpha value is -3.43. The maximum absolute atomic E-state index is 13.2. The molecule has 2 heterocycles. The molecule has 0 bridgehead atoms. The number of halogens is 8. The number of nitrogens with zero attached hydrogens (tertiary/aromatic N) is 3. The first-order chi connectivity index (χ1) is 15.6. The second-order valence-corrected chi connectivity index (χ2v) is 10.4. The van der Waals surface area contributed by atoms with Gasteiger partial charge in [-0.05, 0) is 42.0 Å². The van der Waals surface area contributed by atoms with Crippen molar-refractivity contribution in [2.75, 3.05) is 4.90 Å². The summed E-state index contributed by atoms with van der Waals surface area (Å²) in [7, 11) is -10.1.